The van der Waals surface area contributed by atoms with Gasteiger partial charge in [0.05, 0.1) is 0 Å². The van der Waals surface area contributed by atoms with Gasteiger partial charge in [-0.2, -0.15) is 0 Å². The Kier molecular flexibility index (Phi) is 8.78. The van der Waals surface area contributed by atoms with Crippen molar-refractivity contribution in [1.82, 2.24) is 0 Å². The van der Waals surface area contributed by atoms with Gasteiger partial charge in [-0.05, 0) is 0 Å². The molecule has 0 bridgehead atoms. The molecule has 0 saturated heterocycles. The van der Waals surface area contributed by atoms with E-state index in [0.29, 0.717) is 8.72 Å². The van der Waals surface area contributed by atoms with E-state index in [1.165, 1.54) is 0 Å². The fraction of sp³-hybridized carbons (Fsp3) is 0. The fourth-order valence-corrected chi connectivity index (χ4v) is 29.8. The Morgan fingerprint density at radius 3 is 0.591 bits per heavy atom. The molecule has 0 fully saturated rings. The summed E-state index contributed by atoms with van der Waals surface area (Å²) in [7, 11) is 0. The molecule has 0 amide bonds. The molecule has 0 aliphatic heterocycles. The molecule has 0 atom stereocenters. The molecule has 44 heavy (non-hydrogen) atoms. The van der Waals surface area contributed by atoms with Gasteiger partial charge in [0, 0.05) is 0 Å². The van der Waals surface area contributed by atoms with Gasteiger partial charge in [0.15, 0.2) is 0 Å². The van der Waals surface area contributed by atoms with Crippen molar-refractivity contribution in [2.24, 2.45) is 0 Å². The normalized spacial score (nSPS) is 12.7. The van der Waals surface area contributed by atoms with E-state index in [-0.39, 0.29) is 0 Å². The average molecular weight is 691 g/mol. The molecular formula is C40H32As2N2. The van der Waals surface area contributed by atoms with Gasteiger partial charge in [0.2, 0.25) is 0 Å². The van der Waals surface area contributed by atoms with Gasteiger partial charge in [-0.1, -0.05) is 0 Å². The van der Waals surface area contributed by atoms with E-state index in [0.717, 1.165) is 26.1 Å². The maximum atomic E-state index is 11.6. The van der Waals surface area contributed by atoms with Crippen molar-refractivity contribution in [3.8, 4) is 12.1 Å². The minimum atomic E-state index is -4.09. The third-order valence-electron chi connectivity index (χ3n) is 8.46. The van der Waals surface area contributed by atoms with E-state index >= 15 is 0 Å². The standard InChI is InChI=1S/C40H32As2N2/c43-31-39(41(33-19-7-1-8-20-33,34-21-9-2-10-22-34)35-23-11-3-12-24-35)40(32-44)42(36-25-13-4-14-26-36,37-27-15-5-16-28-37)38-29-17-6-18-30-38/h1-30,41-42H. The number of nitrogens with zero attached hydrogens (tertiary/aromatic N) is 2. The van der Waals surface area contributed by atoms with Crippen molar-refractivity contribution in [1.29, 1.82) is 10.5 Å². The first-order valence-corrected chi connectivity index (χ1v) is 23.1. The average Bonchev–Trinajstić information content (AvgIpc) is 3.12. The Balaban J connectivity index is 1.89. The number of allylic oxidation sites excluding steroid dienone is 2. The summed E-state index contributed by atoms with van der Waals surface area (Å²) in [6.45, 7) is 0. The Bertz CT molecular complexity index is 1610. The Hall–Kier alpha value is -4.84. The molecule has 6 aromatic carbocycles. The molecule has 0 aliphatic rings. The maximum absolute atomic E-state index is 11.6. The predicted octanol–water partition coefficient (Wildman–Crippen LogP) is 4.21. The van der Waals surface area contributed by atoms with Crippen molar-refractivity contribution < 1.29 is 0 Å². The van der Waals surface area contributed by atoms with E-state index in [2.05, 4.69) is 158 Å². The summed E-state index contributed by atoms with van der Waals surface area (Å²) >= 11 is -8.19. The second-order valence-electron chi connectivity index (χ2n) is 10.7. The van der Waals surface area contributed by atoms with Crippen molar-refractivity contribution in [3.05, 3.63) is 191 Å². The molecular weight excluding hydrogens is 658 g/mol. The molecule has 0 spiro atoms. The van der Waals surface area contributed by atoms with Gasteiger partial charge in [-0.25, -0.2) is 0 Å². The summed E-state index contributed by atoms with van der Waals surface area (Å²) in [5, 5.41) is 23.1. The van der Waals surface area contributed by atoms with Gasteiger partial charge in [0.25, 0.3) is 0 Å². The van der Waals surface area contributed by atoms with Crippen LogP contribution >= 0.6 is 0 Å². The molecule has 212 valence electrons. The Morgan fingerprint density at radius 1 is 0.295 bits per heavy atom. The molecule has 0 unspecified atom stereocenters. The van der Waals surface area contributed by atoms with Crippen LogP contribution in [0.5, 0.6) is 0 Å². The summed E-state index contributed by atoms with van der Waals surface area (Å²) in [4.78, 5) is 0. The number of hydrogen-bond donors (Lipinski definition) is 0. The quantitative estimate of drug-likeness (QED) is 0.178. The van der Waals surface area contributed by atoms with E-state index in [1.54, 1.807) is 0 Å². The number of rotatable bonds is 8. The zero-order valence-corrected chi connectivity index (χ0v) is 28.4. The van der Waals surface area contributed by atoms with Crippen LogP contribution in [0.15, 0.2) is 191 Å². The van der Waals surface area contributed by atoms with Crippen LogP contribution in [0.4, 0.5) is 0 Å². The van der Waals surface area contributed by atoms with Crippen LogP contribution in [0, 0.1) is 22.7 Å². The first-order valence-electron chi connectivity index (χ1n) is 14.7. The monoisotopic (exact) mass is 690 g/mol. The molecule has 0 saturated carbocycles. The Labute approximate surface area is 265 Å². The zero-order valence-electron chi connectivity index (χ0n) is 24.2. The summed E-state index contributed by atoms with van der Waals surface area (Å²) in [5.41, 5.74) is 0. The zero-order chi connectivity index (χ0) is 30.2. The van der Waals surface area contributed by atoms with Crippen LogP contribution in [0.25, 0.3) is 0 Å². The first-order chi connectivity index (χ1) is 21.8. The third-order valence-corrected chi connectivity index (χ3v) is 29.3. The molecule has 0 heterocycles. The third kappa shape index (κ3) is 4.94. The number of nitriles is 2. The van der Waals surface area contributed by atoms with Gasteiger partial charge < -0.3 is 0 Å². The molecule has 0 aromatic heterocycles. The van der Waals surface area contributed by atoms with Crippen LogP contribution in [0.2, 0.25) is 0 Å². The second-order valence-corrected chi connectivity index (χ2v) is 26.3. The van der Waals surface area contributed by atoms with E-state index < -0.39 is 27.1 Å². The van der Waals surface area contributed by atoms with Crippen molar-refractivity contribution in [2.45, 2.75) is 0 Å². The summed E-state index contributed by atoms with van der Waals surface area (Å²) in [6.07, 6.45) is 0. The van der Waals surface area contributed by atoms with Crippen molar-refractivity contribution in [2.75, 3.05) is 0 Å². The molecule has 6 aromatic rings. The van der Waals surface area contributed by atoms with Crippen LogP contribution in [0.1, 0.15) is 0 Å². The minimum absolute atomic E-state index is 0.646. The Morgan fingerprint density at radius 2 is 0.455 bits per heavy atom. The van der Waals surface area contributed by atoms with Gasteiger partial charge >= 0.3 is 267 Å². The van der Waals surface area contributed by atoms with Gasteiger partial charge in [-0.15, -0.1) is 0 Å². The summed E-state index contributed by atoms with van der Waals surface area (Å²) in [5.74, 6) is 0. The van der Waals surface area contributed by atoms with Gasteiger partial charge in [-0.3, -0.25) is 0 Å². The molecule has 0 N–H and O–H groups in total. The van der Waals surface area contributed by atoms with Crippen LogP contribution in [0.3, 0.4) is 0 Å². The molecule has 0 radical (unpaired) electrons. The first kappa shape index (κ1) is 29.2. The fourth-order valence-electron chi connectivity index (χ4n) is 6.65. The van der Waals surface area contributed by atoms with Crippen LogP contribution < -0.4 is 26.1 Å². The molecule has 4 heteroatoms. The van der Waals surface area contributed by atoms with Crippen molar-refractivity contribution in [3.63, 3.8) is 0 Å². The summed E-state index contributed by atoms with van der Waals surface area (Å²) in [6, 6.07) is 68.3. The molecule has 6 rings (SSSR count). The predicted molar refractivity (Wildman–Crippen MR) is 189 cm³/mol. The van der Waals surface area contributed by atoms with E-state index in [1.807, 2.05) is 36.4 Å². The number of benzene rings is 6. The van der Waals surface area contributed by atoms with Crippen molar-refractivity contribution >= 4 is 53.2 Å². The van der Waals surface area contributed by atoms with Gasteiger partial charge in [0.1, 0.15) is 0 Å². The number of hydrogen-bond acceptors (Lipinski definition) is 2. The van der Waals surface area contributed by atoms with E-state index in [4.69, 9.17) is 0 Å². The topological polar surface area (TPSA) is 47.6 Å². The molecule has 0 aliphatic carbocycles. The van der Waals surface area contributed by atoms with Crippen LogP contribution in [-0.4, -0.2) is 27.1 Å². The second kappa shape index (κ2) is 13.2. The van der Waals surface area contributed by atoms with E-state index in [9.17, 15) is 10.5 Å². The molecule has 2 nitrogen and oxygen atoms in total. The van der Waals surface area contributed by atoms with Crippen LogP contribution in [-0.2, 0) is 0 Å². The summed E-state index contributed by atoms with van der Waals surface area (Å²) < 4.78 is 8.04. The SMILES string of the molecule is N#CC(=C(C#N)[AsH](c1ccccc1)(c1ccccc1)c1ccccc1)[AsH](c1ccccc1)(c1ccccc1)c1ccccc1.